The molecule has 0 spiro atoms. The van der Waals surface area contributed by atoms with Crippen LogP contribution in [0.1, 0.15) is 18.4 Å². The van der Waals surface area contributed by atoms with Gasteiger partial charge in [0.25, 0.3) is 0 Å². The molecular weight excluding hydrogens is 182 g/mol. The van der Waals surface area contributed by atoms with Crippen LogP contribution in [0.3, 0.4) is 0 Å². The van der Waals surface area contributed by atoms with E-state index in [0.717, 1.165) is 19.8 Å². The van der Waals surface area contributed by atoms with Crippen LogP contribution in [0.5, 0.6) is 0 Å². The molecule has 2 rings (SSSR count). The predicted octanol–water partition coefficient (Wildman–Crippen LogP) is 2.02. The Morgan fingerprint density at radius 2 is 2.62 bits per heavy atom. The van der Waals surface area contributed by atoms with Crippen molar-refractivity contribution in [1.29, 1.82) is 0 Å². The molecule has 1 aromatic rings. The molecule has 0 aliphatic carbocycles. The van der Waals surface area contributed by atoms with Crippen molar-refractivity contribution in [3.8, 4) is 0 Å². The molecule has 1 aliphatic heterocycles. The molecule has 1 fully saturated rings. The van der Waals surface area contributed by atoms with Gasteiger partial charge in [-0.3, -0.25) is 0 Å². The summed E-state index contributed by atoms with van der Waals surface area (Å²) in [7, 11) is 0. The van der Waals surface area contributed by atoms with Crippen LogP contribution >= 0.6 is 11.3 Å². The van der Waals surface area contributed by atoms with Gasteiger partial charge in [-0.2, -0.15) is 11.3 Å². The molecular formula is C10H15NOS. The van der Waals surface area contributed by atoms with Gasteiger partial charge in [-0.15, -0.1) is 0 Å². The predicted molar refractivity (Wildman–Crippen MR) is 55.0 cm³/mol. The highest BCUT2D eigenvalue weighted by Gasteiger charge is 2.13. The highest BCUT2D eigenvalue weighted by Crippen LogP contribution is 2.09. The first-order chi connectivity index (χ1) is 6.45. The molecule has 0 amide bonds. The monoisotopic (exact) mass is 197 g/mol. The van der Waals surface area contributed by atoms with E-state index in [1.807, 2.05) is 0 Å². The molecule has 1 N–H and O–H groups in total. The fourth-order valence-electron chi connectivity index (χ4n) is 1.59. The van der Waals surface area contributed by atoms with Gasteiger partial charge in [0.1, 0.15) is 0 Å². The van der Waals surface area contributed by atoms with Crippen LogP contribution in [-0.4, -0.2) is 19.2 Å². The van der Waals surface area contributed by atoms with Gasteiger partial charge in [0.05, 0.1) is 13.2 Å². The fraction of sp³-hybridized carbons (Fsp3) is 0.600. The van der Waals surface area contributed by atoms with E-state index in [1.54, 1.807) is 11.3 Å². The van der Waals surface area contributed by atoms with E-state index in [4.69, 9.17) is 4.74 Å². The summed E-state index contributed by atoms with van der Waals surface area (Å²) in [5.41, 5.74) is 1.29. The van der Waals surface area contributed by atoms with Crippen LogP contribution in [0.25, 0.3) is 0 Å². The van der Waals surface area contributed by atoms with Crippen molar-refractivity contribution >= 4 is 11.3 Å². The number of nitrogens with one attached hydrogen (secondary N) is 1. The third-order valence-electron chi connectivity index (χ3n) is 2.33. The van der Waals surface area contributed by atoms with Crippen LogP contribution in [-0.2, 0) is 11.3 Å². The van der Waals surface area contributed by atoms with E-state index >= 15 is 0 Å². The quantitative estimate of drug-likeness (QED) is 0.797. The maximum Gasteiger partial charge on any atom is 0.0725 e. The lowest BCUT2D eigenvalue weighted by molar-refractivity contribution is 0.104. The second-order valence-electron chi connectivity index (χ2n) is 3.44. The molecule has 1 unspecified atom stereocenters. The van der Waals surface area contributed by atoms with Crippen molar-refractivity contribution in [2.45, 2.75) is 25.5 Å². The summed E-state index contributed by atoms with van der Waals surface area (Å²) in [6.45, 7) is 2.78. The second-order valence-corrected chi connectivity index (χ2v) is 4.22. The van der Waals surface area contributed by atoms with Crippen LogP contribution in [0.15, 0.2) is 16.8 Å². The molecule has 2 nitrogen and oxygen atoms in total. The van der Waals surface area contributed by atoms with Gasteiger partial charge in [0.2, 0.25) is 0 Å². The molecule has 72 valence electrons. The van der Waals surface area contributed by atoms with Gasteiger partial charge in [-0.1, -0.05) is 0 Å². The maximum absolute atomic E-state index is 5.61. The molecule has 0 bridgehead atoms. The average molecular weight is 197 g/mol. The van der Waals surface area contributed by atoms with Gasteiger partial charge in [0, 0.05) is 6.04 Å². The Morgan fingerprint density at radius 3 is 3.31 bits per heavy atom. The van der Waals surface area contributed by atoms with Crippen molar-refractivity contribution in [3.05, 3.63) is 22.4 Å². The van der Waals surface area contributed by atoms with Crippen LogP contribution in [0.4, 0.5) is 0 Å². The minimum Gasteiger partial charge on any atom is -0.375 e. The van der Waals surface area contributed by atoms with E-state index in [9.17, 15) is 0 Å². The molecule has 1 atom stereocenters. The molecule has 0 aromatic carbocycles. The number of thiophene rings is 1. The van der Waals surface area contributed by atoms with Crippen molar-refractivity contribution in [3.63, 3.8) is 0 Å². The number of hydrogen-bond donors (Lipinski definition) is 1. The Labute approximate surface area is 82.9 Å². The third-order valence-corrected chi connectivity index (χ3v) is 3.06. The Hall–Kier alpha value is -0.380. The summed E-state index contributed by atoms with van der Waals surface area (Å²) in [5, 5.41) is 7.65. The van der Waals surface area contributed by atoms with Crippen molar-refractivity contribution in [1.82, 2.24) is 5.32 Å². The van der Waals surface area contributed by atoms with Gasteiger partial charge in [0.15, 0.2) is 0 Å². The molecule has 1 aliphatic rings. The first-order valence-electron chi connectivity index (χ1n) is 4.77. The molecule has 0 radical (unpaired) electrons. The Morgan fingerprint density at radius 1 is 1.62 bits per heavy atom. The van der Waals surface area contributed by atoms with E-state index in [-0.39, 0.29) is 0 Å². The van der Waals surface area contributed by atoms with E-state index in [0.29, 0.717) is 6.04 Å². The zero-order valence-electron chi connectivity index (χ0n) is 7.66. The topological polar surface area (TPSA) is 21.3 Å². The summed E-state index contributed by atoms with van der Waals surface area (Å²) in [6, 6.07) is 2.71. The number of hydrogen-bond acceptors (Lipinski definition) is 3. The zero-order chi connectivity index (χ0) is 8.93. The standard InChI is InChI=1S/C10H15NOS/c1-2-10(11-4-1)7-12-6-9-3-5-13-8-9/h3,5,8,10-11H,1-2,4,6-7H2. The lowest BCUT2D eigenvalue weighted by Crippen LogP contribution is -2.26. The van der Waals surface area contributed by atoms with Gasteiger partial charge in [-0.25, -0.2) is 0 Å². The smallest absolute Gasteiger partial charge is 0.0725 e. The normalized spacial score (nSPS) is 22.3. The van der Waals surface area contributed by atoms with Crippen molar-refractivity contribution in [2.24, 2.45) is 0 Å². The van der Waals surface area contributed by atoms with Crippen LogP contribution in [0, 0.1) is 0 Å². The van der Waals surface area contributed by atoms with Crippen LogP contribution in [0.2, 0.25) is 0 Å². The fourth-order valence-corrected chi connectivity index (χ4v) is 2.25. The van der Waals surface area contributed by atoms with Gasteiger partial charge < -0.3 is 10.1 Å². The summed E-state index contributed by atoms with van der Waals surface area (Å²) in [6.07, 6.45) is 2.57. The first-order valence-corrected chi connectivity index (χ1v) is 5.71. The average Bonchev–Trinajstić information content (AvgIpc) is 2.75. The minimum absolute atomic E-state index is 0.596. The molecule has 1 aromatic heterocycles. The molecule has 0 saturated carbocycles. The van der Waals surface area contributed by atoms with Crippen molar-refractivity contribution < 1.29 is 4.74 Å². The lowest BCUT2D eigenvalue weighted by Gasteiger charge is -2.09. The summed E-state index contributed by atoms with van der Waals surface area (Å²) >= 11 is 1.73. The summed E-state index contributed by atoms with van der Waals surface area (Å²) in [5.74, 6) is 0. The van der Waals surface area contributed by atoms with E-state index < -0.39 is 0 Å². The lowest BCUT2D eigenvalue weighted by atomic mass is 10.2. The Balaban J connectivity index is 1.63. The highest BCUT2D eigenvalue weighted by atomic mass is 32.1. The summed E-state index contributed by atoms with van der Waals surface area (Å²) in [4.78, 5) is 0. The van der Waals surface area contributed by atoms with Gasteiger partial charge >= 0.3 is 0 Å². The number of rotatable bonds is 4. The third kappa shape index (κ3) is 2.79. The molecule has 3 heteroatoms. The maximum atomic E-state index is 5.61. The molecule has 2 heterocycles. The largest absolute Gasteiger partial charge is 0.375 e. The van der Waals surface area contributed by atoms with Crippen LogP contribution < -0.4 is 5.32 Å². The van der Waals surface area contributed by atoms with E-state index in [1.165, 1.54) is 18.4 Å². The van der Waals surface area contributed by atoms with Gasteiger partial charge in [-0.05, 0) is 41.8 Å². The second kappa shape index (κ2) is 4.74. The Bertz CT molecular complexity index is 229. The number of ether oxygens (including phenoxy) is 1. The first kappa shape index (κ1) is 9.19. The SMILES string of the molecule is c1cc(COCC2CCCN2)cs1. The summed E-state index contributed by atoms with van der Waals surface area (Å²) < 4.78 is 5.61. The molecule has 13 heavy (non-hydrogen) atoms. The van der Waals surface area contributed by atoms with Crippen molar-refractivity contribution in [2.75, 3.05) is 13.2 Å². The highest BCUT2D eigenvalue weighted by molar-refractivity contribution is 7.07. The molecule has 1 saturated heterocycles. The minimum atomic E-state index is 0.596. The van der Waals surface area contributed by atoms with E-state index in [2.05, 4.69) is 22.1 Å². The zero-order valence-corrected chi connectivity index (χ0v) is 8.48. The Kier molecular flexibility index (Phi) is 3.35.